The van der Waals surface area contributed by atoms with E-state index in [1.54, 1.807) is 22.0 Å². The van der Waals surface area contributed by atoms with Crippen LogP contribution in [0.2, 0.25) is 0 Å². The Morgan fingerprint density at radius 2 is 1.84 bits per heavy atom. The van der Waals surface area contributed by atoms with Crippen molar-refractivity contribution >= 4 is 22.4 Å². The molecule has 1 fully saturated rings. The molecule has 0 saturated carbocycles. The van der Waals surface area contributed by atoms with Crippen LogP contribution < -0.4 is 4.90 Å². The van der Waals surface area contributed by atoms with Crippen molar-refractivity contribution in [1.29, 1.82) is 0 Å². The molecule has 25 heavy (non-hydrogen) atoms. The molecule has 1 saturated heterocycles. The number of hydrogen-bond acceptors (Lipinski definition) is 5. The molecule has 0 unspecified atom stereocenters. The highest BCUT2D eigenvalue weighted by Gasteiger charge is 2.36. The van der Waals surface area contributed by atoms with Crippen molar-refractivity contribution in [1.82, 2.24) is 15.1 Å². The number of rotatable bonds is 6. The summed E-state index contributed by atoms with van der Waals surface area (Å²) in [5.41, 5.74) is 0. The third-order valence-electron chi connectivity index (χ3n) is 3.99. The lowest BCUT2D eigenvalue weighted by atomic mass is 9.99. The first kappa shape index (κ1) is 19.4. The lowest BCUT2D eigenvalue weighted by Crippen LogP contribution is -2.38. The lowest BCUT2D eigenvalue weighted by molar-refractivity contribution is -0.138. The van der Waals surface area contributed by atoms with E-state index >= 15 is 0 Å². The normalized spacial score (nSPS) is 16.0. The highest BCUT2D eigenvalue weighted by Crippen LogP contribution is 2.34. The molecule has 0 bridgehead atoms. The molecule has 1 aliphatic rings. The Morgan fingerprint density at radius 1 is 1.16 bits per heavy atom. The molecule has 0 atom stereocenters. The molecule has 1 aliphatic heterocycles. The van der Waals surface area contributed by atoms with Gasteiger partial charge in [-0.15, -0.1) is 23.4 Å². The zero-order chi connectivity index (χ0) is 18.4. The van der Waals surface area contributed by atoms with Crippen LogP contribution in [0, 0.1) is 5.92 Å². The van der Waals surface area contributed by atoms with Gasteiger partial charge in [-0.1, -0.05) is 23.5 Å². The lowest BCUT2D eigenvalue weighted by Gasteiger charge is -2.25. The molecule has 5 nitrogen and oxygen atoms in total. The van der Waals surface area contributed by atoms with Gasteiger partial charge in [-0.2, -0.15) is 13.2 Å². The number of alkyl halides is 3. The highest BCUT2D eigenvalue weighted by atomic mass is 32.1. The van der Waals surface area contributed by atoms with Crippen molar-refractivity contribution in [3.8, 4) is 0 Å². The minimum absolute atomic E-state index is 0.0369. The highest BCUT2D eigenvalue weighted by molar-refractivity contribution is 7.15. The maximum absolute atomic E-state index is 12.7. The number of allylic oxidation sites excluding steroid dienone is 2. The second-order valence-corrected chi connectivity index (χ2v) is 6.76. The Hall–Kier alpha value is -1.90. The SMILES string of the molecule is C=CCC(CC=C)C(=O)N1CCCN(c2nnc(C(F)(F)F)s2)CC1. The predicted octanol–water partition coefficient (Wildman–Crippen LogP) is 3.36. The summed E-state index contributed by atoms with van der Waals surface area (Å²) in [6, 6.07) is 0. The van der Waals surface area contributed by atoms with Crippen molar-refractivity contribution < 1.29 is 18.0 Å². The summed E-state index contributed by atoms with van der Waals surface area (Å²) in [5.74, 6) is -0.144. The van der Waals surface area contributed by atoms with Crippen LogP contribution in [0.15, 0.2) is 25.3 Å². The second-order valence-electron chi connectivity index (χ2n) is 5.80. The van der Waals surface area contributed by atoms with Gasteiger partial charge in [0.1, 0.15) is 0 Å². The molecule has 0 N–H and O–H groups in total. The Morgan fingerprint density at radius 3 is 2.40 bits per heavy atom. The monoisotopic (exact) mass is 374 g/mol. The second kappa shape index (κ2) is 8.46. The maximum atomic E-state index is 12.7. The van der Waals surface area contributed by atoms with E-state index in [2.05, 4.69) is 23.4 Å². The van der Waals surface area contributed by atoms with E-state index in [1.165, 1.54) is 0 Å². The molecular formula is C16H21F3N4OS. The first-order valence-corrected chi connectivity index (χ1v) is 8.84. The Labute approximate surface area is 148 Å². The topological polar surface area (TPSA) is 49.3 Å². The van der Waals surface area contributed by atoms with Gasteiger partial charge in [0.05, 0.1) is 0 Å². The maximum Gasteiger partial charge on any atom is 0.445 e. The third kappa shape index (κ3) is 5.04. The van der Waals surface area contributed by atoms with Crippen LogP contribution in [-0.4, -0.2) is 47.2 Å². The molecule has 9 heteroatoms. The van der Waals surface area contributed by atoms with Crippen LogP contribution in [0.25, 0.3) is 0 Å². The number of carbonyl (C=O) groups excluding carboxylic acids is 1. The van der Waals surface area contributed by atoms with Crippen molar-refractivity contribution in [2.24, 2.45) is 5.92 Å². The Kier molecular flexibility index (Phi) is 6.57. The zero-order valence-electron chi connectivity index (χ0n) is 13.8. The van der Waals surface area contributed by atoms with Crippen LogP contribution in [0.5, 0.6) is 0 Å². The zero-order valence-corrected chi connectivity index (χ0v) is 14.7. The van der Waals surface area contributed by atoms with E-state index in [1.807, 2.05) is 0 Å². The number of carbonyl (C=O) groups is 1. The minimum Gasteiger partial charge on any atom is -0.345 e. The van der Waals surface area contributed by atoms with Gasteiger partial charge in [0.15, 0.2) is 0 Å². The van der Waals surface area contributed by atoms with Crippen molar-refractivity contribution in [3.63, 3.8) is 0 Å². The molecule has 1 aromatic rings. The van der Waals surface area contributed by atoms with Crippen LogP contribution in [0.4, 0.5) is 18.3 Å². The van der Waals surface area contributed by atoms with Crippen LogP contribution in [-0.2, 0) is 11.0 Å². The number of amides is 1. The van der Waals surface area contributed by atoms with Crippen molar-refractivity contribution in [2.45, 2.75) is 25.4 Å². The summed E-state index contributed by atoms with van der Waals surface area (Å²) in [6.07, 6.45) is 0.785. The van der Waals surface area contributed by atoms with Gasteiger partial charge in [0.25, 0.3) is 0 Å². The van der Waals surface area contributed by atoms with Gasteiger partial charge < -0.3 is 9.80 Å². The van der Waals surface area contributed by atoms with Gasteiger partial charge in [-0.05, 0) is 19.3 Å². The van der Waals surface area contributed by atoms with E-state index < -0.39 is 11.2 Å². The molecule has 1 aromatic heterocycles. The molecule has 1 amide bonds. The molecule has 2 heterocycles. The van der Waals surface area contributed by atoms with E-state index in [0.29, 0.717) is 56.8 Å². The van der Waals surface area contributed by atoms with Gasteiger partial charge >= 0.3 is 6.18 Å². The Balaban J connectivity index is 2.01. The smallest absolute Gasteiger partial charge is 0.345 e. The fourth-order valence-corrected chi connectivity index (χ4v) is 3.51. The summed E-state index contributed by atoms with van der Waals surface area (Å²) in [4.78, 5) is 16.2. The van der Waals surface area contributed by atoms with Crippen molar-refractivity contribution in [2.75, 3.05) is 31.1 Å². The number of nitrogens with zero attached hydrogens (tertiary/aromatic N) is 4. The third-order valence-corrected chi connectivity index (χ3v) is 5.02. The molecule has 0 spiro atoms. The van der Waals surface area contributed by atoms with Gasteiger partial charge in [0.2, 0.25) is 16.0 Å². The van der Waals surface area contributed by atoms with Crippen LogP contribution in [0.3, 0.4) is 0 Å². The fraction of sp³-hybridized carbons (Fsp3) is 0.562. The summed E-state index contributed by atoms with van der Waals surface area (Å²) in [7, 11) is 0. The first-order chi connectivity index (χ1) is 11.9. The van der Waals surface area contributed by atoms with Crippen LogP contribution >= 0.6 is 11.3 Å². The number of aromatic nitrogens is 2. The predicted molar refractivity (Wildman–Crippen MR) is 91.4 cm³/mol. The number of hydrogen-bond donors (Lipinski definition) is 0. The van der Waals surface area contributed by atoms with Gasteiger partial charge in [-0.3, -0.25) is 4.79 Å². The molecule has 138 valence electrons. The quantitative estimate of drug-likeness (QED) is 0.717. The van der Waals surface area contributed by atoms with E-state index in [4.69, 9.17) is 0 Å². The van der Waals surface area contributed by atoms with E-state index in [9.17, 15) is 18.0 Å². The summed E-state index contributed by atoms with van der Waals surface area (Å²) < 4.78 is 38.0. The molecule has 0 radical (unpaired) electrons. The van der Waals surface area contributed by atoms with E-state index in [0.717, 1.165) is 0 Å². The summed E-state index contributed by atoms with van der Waals surface area (Å²) >= 11 is 0.537. The van der Waals surface area contributed by atoms with Gasteiger partial charge in [-0.25, -0.2) is 0 Å². The average Bonchev–Trinajstić information content (AvgIpc) is 2.93. The standard InChI is InChI=1S/C16H21F3N4OS/c1-3-6-12(7-4-2)13(24)22-8-5-9-23(11-10-22)15-21-20-14(25-15)16(17,18)19/h3-4,12H,1-2,5-11H2. The summed E-state index contributed by atoms with van der Waals surface area (Å²) in [5, 5.41) is 6.18. The minimum atomic E-state index is -4.48. The van der Waals surface area contributed by atoms with Crippen LogP contribution in [0.1, 0.15) is 24.3 Å². The van der Waals surface area contributed by atoms with Crippen molar-refractivity contribution in [3.05, 3.63) is 30.3 Å². The average molecular weight is 374 g/mol. The summed E-state index contributed by atoms with van der Waals surface area (Å²) in [6.45, 7) is 9.37. The molecule has 0 aliphatic carbocycles. The largest absolute Gasteiger partial charge is 0.445 e. The number of halogens is 3. The van der Waals surface area contributed by atoms with Gasteiger partial charge in [0, 0.05) is 32.1 Å². The first-order valence-electron chi connectivity index (χ1n) is 8.03. The number of anilines is 1. The Bertz CT molecular complexity index is 607. The molecule has 0 aromatic carbocycles. The molecular weight excluding hydrogens is 353 g/mol. The fourth-order valence-electron chi connectivity index (χ4n) is 2.75. The van der Waals surface area contributed by atoms with E-state index in [-0.39, 0.29) is 17.0 Å². The molecule has 2 rings (SSSR count).